The molecule has 2 nitrogen and oxygen atoms in total. The summed E-state index contributed by atoms with van der Waals surface area (Å²) < 4.78 is 1.18. The van der Waals surface area contributed by atoms with Crippen LogP contribution in [0.1, 0.15) is 16.0 Å². The highest BCUT2D eigenvalue weighted by atomic mass is 79.9. The Kier molecular flexibility index (Phi) is 3.17. The summed E-state index contributed by atoms with van der Waals surface area (Å²) in [7, 11) is 0. The molecule has 0 aliphatic heterocycles. The van der Waals surface area contributed by atoms with Gasteiger partial charge in [0.15, 0.2) is 0 Å². The third-order valence-electron chi connectivity index (χ3n) is 3.85. The van der Waals surface area contributed by atoms with Crippen molar-refractivity contribution in [2.75, 3.05) is 0 Å². The van der Waals surface area contributed by atoms with Crippen LogP contribution in [0.4, 0.5) is 0 Å². The van der Waals surface area contributed by atoms with Crippen LogP contribution in [0.2, 0.25) is 0 Å². The molecular weight excluding hydrogens is 344 g/mol. The first-order valence-electron chi connectivity index (χ1n) is 6.83. The highest BCUT2D eigenvalue weighted by Crippen LogP contribution is 2.44. The molecule has 0 fully saturated rings. The molecule has 0 spiro atoms. The van der Waals surface area contributed by atoms with Gasteiger partial charge >= 0.3 is 0 Å². The van der Waals surface area contributed by atoms with E-state index in [0.717, 1.165) is 22.7 Å². The molecule has 4 rings (SSSR count). The van der Waals surface area contributed by atoms with Crippen molar-refractivity contribution >= 4 is 27.3 Å². The van der Waals surface area contributed by atoms with E-state index in [4.69, 9.17) is 10.7 Å². The van der Waals surface area contributed by atoms with Gasteiger partial charge in [-0.25, -0.2) is 4.98 Å². The molecule has 1 aromatic heterocycles. The van der Waals surface area contributed by atoms with Crippen molar-refractivity contribution in [1.29, 1.82) is 0 Å². The van der Waals surface area contributed by atoms with E-state index in [2.05, 4.69) is 58.4 Å². The third-order valence-corrected chi connectivity index (χ3v) is 5.69. The predicted octanol–water partition coefficient (Wildman–Crippen LogP) is 4.60. The lowest BCUT2D eigenvalue weighted by Crippen LogP contribution is -1.95. The van der Waals surface area contributed by atoms with E-state index in [1.807, 2.05) is 0 Å². The van der Waals surface area contributed by atoms with Crippen LogP contribution in [0, 0.1) is 0 Å². The average molecular weight is 357 g/mol. The number of hydrogen-bond acceptors (Lipinski definition) is 3. The van der Waals surface area contributed by atoms with Gasteiger partial charge < -0.3 is 5.73 Å². The molecule has 0 atom stereocenters. The van der Waals surface area contributed by atoms with Crippen molar-refractivity contribution in [2.24, 2.45) is 5.73 Å². The van der Waals surface area contributed by atoms with Gasteiger partial charge in [-0.1, -0.05) is 52.3 Å². The Labute approximate surface area is 135 Å². The van der Waals surface area contributed by atoms with Crippen LogP contribution in [0.15, 0.2) is 46.9 Å². The van der Waals surface area contributed by atoms with Crippen LogP contribution in [-0.2, 0) is 13.0 Å². The van der Waals surface area contributed by atoms with Crippen molar-refractivity contribution in [3.05, 3.63) is 62.9 Å². The monoisotopic (exact) mass is 356 g/mol. The smallest absolute Gasteiger partial charge is 0.124 e. The molecule has 4 heteroatoms. The fourth-order valence-corrected chi connectivity index (χ4v) is 4.31. The highest BCUT2D eigenvalue weighted by Gasteiger charge is 2.25. The van der Waals surface area contributed by atoms with Gasteiger partial charge in [-0.3, -0.25) is 0 Å². The number of nitrogens with two attached hydrogens (primary N) is 1. The number of hydrogen-bond donors (Lipinski definition) is 1. The Morgan fingerprint density at radius 2 is 1.95 bits per heavy atom. The van der Waals surface area contributed by atoms with Gasteiger partial charge in [-0.15, -0.1) is 11.3 Å². The van der Waals surface area contributed by atoms with Crippen LogP contribution in [0.5, 0.6) is 0 Å². The normalized spacial score (nSPS) is 12.3. The largest absolute Gasteiger partial charge is 0.326 e. The van der Waals surface area contributed by atoms with E-state index < -0.39 is 0 Å². The number of halogens is 1. The van der Waals surface area contributed by atoms with Gasteiger partial charge in [0, 0.05) is 33.4 Å². The molecule has 0 saturated heterocycles. The van der Waals surface area contributed by atoms with E-state index in [0.29, 0.717) is 6.54 Å². The minimum Gasteiger partial charge on any atom is -0.326 e. The lowest BCUT2D eigenvalue weighted by Gasteiger charge is -2.02. The maximum atomic E-state index is 5.65. The zero-order valence-corrected chi connectivity index (χ0v) is 13.7. The summed E-state index contributed by atoms with van der Waals surface area (Å²) in [6.07, 6.45) is 0.977. The zero-order valence-electron chi connectivity index (χ0n) is 11.3. The number of fused-ring (bicyclic) bond motifs is 3. The summed E-state index contributed by atoms with van der Waals surface area (Å²) in [4.78, 5) is 6.22. The molecule has 1 heterocycles. The molecule has 3 aromatic rings. The SMILES string of the molecule is NCc1ccc(-c2nc3c(s2)Cc2c(Br)cccc2-3)cc1. The van der Waals surface area contributed by atoms with Crippen LogP contribution in [0.3, 0.4) is 0 Å². The Balaban J connectivity index is 1.77. The van der Waals surface area contributed by atoms with Crippen molar-refractivity contribution in [3.63, 3.8) is 0 Å². The van der Waals surface area contributed by atoms with Crippen molar-refractivity contribution in [1.82, 2.24) is 4.98 Å². The number of rotatable bonds is 2. The standard InChI is InChI=1S/C17H13BrN2S/c18-14-3-1-2-12-13(14)8-15-16(12)20-17(21-15)11-6-4-10(9-19)5-7-11/h1-7H,8-9,19H2. The van der Waals surface area contributed by atoms with Crippen LogP contribution in [0.25, 0.3) is 21.8 Å². The van der Waals surface area contributed by atoms with E-state index in [1.165, 1.54) is 26.0 Å². The fraction of sp³-hybridized carbons (Fsp3) is 0.118. The van der Waals surface area contributed by atoms with Crippen LogP contribution >= 0.6 is 27.3 Å². The van der Waals surface area contributed by atoms with Gasteiger partial charge in [-0.2, -0.15) is 0 Å². The maximum absolute atomic E-state index is 5.65. The van der Waals surface area contributed by atoms with Crippen LogP contribution in [-0.4, -0.2) is 4.98 Å². The van der Waals surface area contributed by atoms with E-state index in [1.54, 1.807) is 11.3 Å². The molecule has 104 valence electrons. The Bertz CT molecular complexity index is 821. The molecule has 1 aliphatic rings. The van der Waals surface area contributed by atoms with Crippen LogP contribution < -0.4 is 5.73 Å². The van der Waals surface area contributed by atoms with Gasteiger partial charge in [0.05, 0.1) is 5.69 Å². The number of thiazole rings is 1. The van der Waals surface area contributed by atoms with Crippen molar-refractivity contribution < 1.29 is 0 Å². The molecule has 0 radical (unpaired) electrons. The van der Waals surface area contributed by atoms with Gasteiger partial charge in [0.25, 0.3) is 0 Å². The molecule has 0 bridgehead atoms. The first-order chi connectivity index (χ1) is 10.3. The second-order valence-corrected chi connectivity index (χ2v) is 7.07. The average Bonchev–Trinajstić information content (AvgIpc) is 3.07. The van der Waals surface area contributed by atoms with Crippen molar-refractivity contribution in [2.45, 2.75) is 13.0 Å². The predicted molar refractivity (Wildman–Crippen MR) is 91.4 cm³/mol. The summed E-state index contributed by atoms with van der Waals surface area (Å²) in [6.45, 7) is 0.579. The first kappa shape index (κ1) is 13.2. The summed E-state index contributed by atoms with van der Waals surface area (Å²) in [5.74, 6) is 0. The molecule has 1 aliphatic carbocycles. The van der Waals surface area contributed by atoms with E-state index in [-0.39, 0.29) is 0 Å². The lowest BCUT2D eigenvalue weighted by atomic mass is 10.1. The molecule has 0 amide bonds. The minimum atomic E-state index is 0.579. The molecular formula is C17H13BrN2S. The summed E-state index contributed by atoms with van der Waals surface area (Å²) in [5.41, 5.74) is 11.7. The molecule has 0 saturated carbocycles. The first-order valence-corrected chi connectivity index (χ1v) is 8.44. The maximum Gasteiger partial charge on any atom is 0.124 e. The summed E-state index contributed by atoms with van der Waals surface area (Å²) in [6, 6.07) is 14.7. The Hall–Kier alpha value is -1.49. The van der Waals surface area contributed by atoms with Gasteiger partial charge in [-0.05, 0) is 17.2 Å². The number of benzene rings is 2. The second kappa shape index (κ2) is 5.05. The third kappa shape index (κ3) is 2.14. The molecule has 21 heavy (non-hydrogen) atoms. The highest BCUT2D eigenvalue weighted by molar-refractivity contribution is 9.10. The summed E-state index contributed by atoms with van der Waals surface area (Å²) in [5, 5.41) is 1.09. The molecule has 0 unspecified atom stereocenters. The van der Waals surface area contributed by atoms with Gasteiger partial charge in [0.2, 0.25) is 0 Å². The topological polar surface area (TPSA) is 38.9 Å². The second-order valence-electron chi connectivity index (χ2n) is 5.13. The van der Waals surface area contributed by atoms with Gasteiger partial charge in [0.1, 0.15) is 5.01 Å². The molecule has 2 aromatic carbocycles. The lowest BCUT2D eigenvalue weighted by molar-refractivity contribution is 1.07. The number of aromatic nitrogens is 1. The zero-order chi connectivity index (χ0) is 14.4. The fourth-order valence-electron chi connectivity index (χ4n) is 2.71. The minimum absolute atomic E-state index is 0.579. The van der Waals surface area contributed by atoms with E-state index in [9.17, 15) is 0 Å². The van der Waals surface area contributed by atoms with Crippen molar-refractivity contribution in [3.8, 4) is 21.8 Å². The summed E-state index contributed by atoms with van der Waals surface area (Å²) >= 11 is 5.43. The molecule has 2 N–H and O–H groups in total. The number of nitrogens with zero attached hydrogens (tertiary/aromatic N) is 1. The Morgan fingerprint density at radius 1 is 1.14 bits per heavy atom. The van der Waals surface area contributed by atoms with E-state index >= 15 is 0 Å². The quantitative estimate of drug-likeness (QED) is 0.569. The Morgan fingerprint density at radius 3 is 2.71 bits per heavy atom.